The van der Waals surface area contributed by atoms with Crippen molar-refractivity contribution in [2.45, 2.75) is 59.0 Å². The molecular formula is C39H53N5O5. The first-order chi connectivity index (χ1) is 23.8. The molecule has 0 spiro atoms. The molecule has 3 amide bonds. The highest BCUT2D eigenvalue weighted by atomic mass is 16.5. The van der Waals surface area contributed by atoms with Crippen LogP contribution in [0.25, 0.3) is 6.08 Å². The van der Waals surface area contributed by atoms with Crippen molar-refractivity contribution in [1.29, 1.82) is 0 Å². The largest absolute Gasteiger partial charge is 0.497 e. The zero-order chi connectivity index (χ0) is 35.6. The van der Waals surface area contributed by atoms with E-state index >= 15 is 0 Å². The minimum atomic E-state index is -0.876. The average Bonchev–Trinajstić information content (AvgIpc) is 3.14. The van der Waals surface area contributed by atoms with Crippen molar-refractivity contribution in [2.75, 3.05) is 57.6 Å². The number of nitrogens with two attached hydrogens (primary N) is 1. The fourth-order valence-corrected chi connectivity index (χ4v) is 5.55. The minimum Gasteiger partial charge on any atom is -0.497 e. The van der Waals surface area contributed by atoms with Gasteiger partial charge in [0.15, 0.2) is 0 Å². The van der Waals surface area contributed by atoms with Gasteiger partial charge in [0.05, 0.1) is 31.7 Å². The standard InChI is InChI=1S/C37H47N5O5.C2H6/c1-4-8-30(5-2)39-36(44)35(28-14-11-27(12-15-28)13-20-34(43)40-33-10-7-6-9-32(33)38)42(22-21-41-23-25-47-26-24-41)37(45)29-16-18-31(46-3)19-17-29;1-2/h6-7,9-20,30,35H,4-5,8,21-26,38H2,1-3H3,(H,39,44)(H,40,43);1-2H3/b20-13+;. The molecule has 264 valence electrons. The number of hydrogen-bond acceptors (Lipinski definition) is 7. The number of carbonyl (C=O) groups is 3. The highest BCUT2D eigenvalue weighted by molar-refractivity contribution is 6.03. The maximum absolute atomic E-state index is 14.2. The van der Waals surface area contributed by atoms with Gasteiger partial charge in [-0.25, -0.2) is 0 Å². The normalized spacial score (nSPS) is 14.2. The van der Waals surface area contributed by atoms with Gasteiger partial charge in [-0.2, -0.15) is 0 Å². The summed E-state index contributed by atoms with van der Waals surface area (Å²) in [5.74, 6) is -0.140. The van der Waals surface area contributed by atoms with Gasteiger partial charge in [0.2, 0.25) is 11.8 Å². The Bertz CT molecular complexity index is 1490. The predicted octanol–water partition coefficient (Wildman–Crippen LogP) is 6.17. The van der Waals surface area contributed by atoms with E-state index in [9.17, 15) is 14.4 Å². The number of nitrogen functional groups attached to an aromatic ring is 1. The fourth-order valence-electron chi connectivity index (χ4n) is 5.55. The van der Waals surface area contributed by atoms with Crippen LogP contribution in [-0.2, 0) is 14.3 Å². The van der Waals surface area contributed by atoms with Crippen LogP contribution in [0.1, 0.15) is 74.5 Å². The van der Waals surface area contributed by atoms with Gasteiger partial charge in [0.25, 0.3) is 5.91 Å². The first-order valence-corrected chi connectivity index (χ1v) is 17.3. The Morgan fingerprint density at radius 3 is 2.27 bits per heavy atom. The molecule has 0 aliphatic carbocycles. The van der Waals surface area contributed by atoms with E-state index in [1.807, 2.05) is 38.1 Å². The molecule has 1 heterocycles. The lowest BCUT2D eigenvalue weighted by atomic mass is 9.99. The Kier molecular flexibility index (Phi) is 16.3. The monoisotopic (exact) mass is 671 g/mol. The van der Waals surface area contributed by atoms with E-state index in [1.165, 1.54) is 6.08 Å². The third-order valence-electron chi connectivity index (χ3n) is 8.29. The molecule has 1 aliphatic rings. The summed E-state index contributed by atoms with van der Waals surface area (Å²) in [6, 6.07) is 20.5. The number of morpholine rings is 1. The molecule has 1 aliphatic heterocycles. The summed E-state index contributed by atoms with van der Waals surface area (Å²) in [7, 11) is 1.58. The van der Waals surface area contributed by atoms with Crippen molar-refractivity contribution in [1.82, 2.24) is 15.1 Å². The number of methoxy groups -OCH3 is 1. The lowest BCUT2D eigenvalue weighted by molar-refractivity contribution is -0.127. The molecule has 3 aromatic carbocycles. The number of amides is 3. The summed E-state index contributed by atoms with van der Waals surface area (Å²) in [4.78, 5) is 44.9. The van der Waals surface area contributed by atoms with E-state index in [0.29, 0.717) is 54.6 Å². The predicted molar refractivity (Wildman–Crippen MR) is 197 cm³/mol. The second kappa shape index (κ2) is 20.6. The summed E-state index contributed by atoms with van der Waals surface area (Å²) in [5, 5.41) is 6.01. The summed E-state index contributed by atoms with van der Waals surface area (Å²) in [6.07, 6.45) is 5.69. The SMILES string of the molecule is CC.CCCC(CC)NC(=O)C(c1ccc(/C=C/C(=O)Nc2ccccc2N)cc1)N(CCN1CCOCC1)C(=O)c1ccc(OC)cc1. The first kappa shape index (κ1) is 38.8. The van der Waals surface area contributed by atoms with Crippen molar-refractivity contribution < 1.29 is 23.9 Å². The number of nitrogens with zero attached hydrogens (tertiary/aromatic N) is 2. The number of nitrogens with one attached hydrogen (secondary N) is 2. The van der Waals surface area contributed by atoms with Gasteiger partial charge >= 0.3 is 0 Å². The lowest BCUT2D eigenvalue weighted by Gasteiger charge is -2.35. The molecule has 0 bridgehead atoms. The molecule has 0 aromatic heterocycles. The zero-order valence-corrected chi connectivity index (χ0v) is 29.6. The van der Waals surface area contributed by atoms with Crippen molar-refractivity contribution in [3.63, 3.8) is 0 Å². The molecule has 2 unspecified atom stereocenters. The second-order valence-corrected chi connectivity index (χ2v) is 11.6. The van der Waals surface area contributed by atoms with E-state index < -0.39 is 6.04 Å². The van der Waals surface area contributed by atoms with Crippen LogP contribution in [-0.4, -0.2) is 80.1 Å². The second-order valence-electron chi connectivity index (χ2n) is 11.6. The third kappa shape index (κ3) is 11.8. The highest BCUT2D eigenvalue weighted by Gasteiger charge is 2.33. The summed E-state index contributed by atoms with van der Waals surface area (Å²) < 4.78 is 10.8. The number of hydrogen-bond donors (Lipinski definition) is 3. The maximum Gasteiger partial charge on any atom is 0.254 e. The van der Waals surface area contributed by atoms with Crippen molar-refractivity contribution in [3.05, 3.63) is 95.6 Å². The Labute approximate surface area is 291 Å². The van der Waals surface area contributed by atoms with Crippen LogP contribution in [0.5, 0.6) is 5.75 Å². The Hall–Kier alpha value is -4.67. The van der Waals surface area contributed by atoms with Gasteiger partial charge in [-0.1, -0.05) is 70.5 Å². The molecule has 1 fully saturated rings. The van der Waals surface area contributed by atoms with Gasteiger partial charge < -0.3 is 30.7 Å². The fraction of sp³-hybridized carbons (Fsp3) is 0.410. The van der Waals surface area contributed by atoms with Gasteiger partial charge in [-0.15, -0.1) is 0 Å². The van der Waals surface area contributed by atoms with Crippen LogP contribution < -0.4 is 21.1 Å². The number of benzene rings is 3. The molecule has 1 saturated heterocycles. The van der Waals surface area contributed by atoms with E-state index in [4.69, 9.17) is 15.2 Å². The molecule has 0 radical (unpaired) electrons. The van der Waals surface area contributed by atoms with Crippen LogP contribution in [0.4, 0.5) is 11.4 Å². The maximum atomic E-state index is 14.2. The number of carbonyl (C=O) groups excluding carboxylic acids is 3. The van der Waals surface area contributed by atoms with Gasteiger partial charge in [-0.05, 0) is 66.4 Å². The molecule has 4 rings (SSSR count). The van der Waals surface area contributed by atoms with E-state index in [-0.39, 0.29) is 23.8 Å². The Balaban J connectivity index is 0.00000319. The molecule has 4 N–H and O–H groups in total. The van der Waals surface area contributed by atoms with Crippen LogP contribution in [0, 0.1) is 0 Å². The summed E-state index contributed by atoms with van der Waals surface area (Å²) >= 11 is 0. The summed E-state index contributed by atoms with van der Waals surface area (Å²) in [5.41, 5.74) is 8.88. The van der Waals surface area contributed by atoms with Gasteiger partial charge in [0.1, 0.15) is 11.8 Å². The Morgan fingerprint density at radius 1 is 0.980 bits per heavy atom. The first-order valence-electron chi connectivity index (χ1n) is 17.3. The molecular weight excluding hydrogens is 618 g/mol. The van der Waals surface area contributed by atoms with Gasteiger partial charge in [-0.3, -0.25) is 19.3 Å². The Morgan fingerprint density at radius 2 is 1.65 bits per heavy atom. The summed E-state index contributed by atoms with van der Waals surface area (Å²) in [6.45, 7) is 11.9. The molecule has 3 aromatic rings. The average molecular weight is 672 g/mol. The third-order valence-corrected chi connectivity index (χ3v) is 8.29. The number of rotatable bonds is 15. The number of ether oxygens (including phenoxy) is 2. The van der Waals surface area contributed by atoms with Crippen LogP contribution >= 0.6 is 0 Å². The molecule has 49 heavy (non-hydrogen) atoms. The van der Waals surface area contributed by atoms with Crippen molar-refractivity contribution >= 4 is 35.2 Å². The minimum absolute atomic E-state index is 0.00782. The topological polar surface area (TPSA) is 126 Å². The zero-order valence-electron chi connectivity index (χ0n) is 29.6. The van der Waals surface area contributed by atoms with E-state index in [0.717, 1.165) is 37.9 Å². The van der Waals surface area contributed by atoms with Crippen LogP contribution in [0.3, 0.4) is 0 Å². The number of para-hydroxylation sites is 2. The molecule has 2 atom stereocenters. The van der Waals surface area contributed by atoms with Crippen LogP contribution in [0.2, 0.25) is 0 Å². The smallest absolute Gasteiger partial charge is 0.254 e. The molecule has 10 heteroatoms. The van der Waals surface area contributed by atoms with E-state index in [2.05, 4.69) is 29.4 Å². The molecule has 10 nitrogen and oxygen atoms in total. The van der Waals surface area contributed by atoms with Crippen molar-refractivity contribution in [2.24, 2.45) is 0 Å². The highest BCUT2D eigenvalue weighted by Crippen LogP contribution is 2.26. The van der Waals surface area contributed by atoms with Crippen LogP contribution in [0.15, 0.2) is 78.9 Å². The van der Waals surface area contributed by atoms with E-state index in [1.54, 1.807) is 66.6 Å². The molecule has 0 saturated carbocycles. The number of anilines is 2. The van der Waals surface area contributed by atoms with Crippen molar-refractivity contribution in [3.8, 4) is 5.75 Å². The van der Waals surface area contributed by atoms with Gasteiger partial charge in [0, 0.05) is 43.9 Å². The lowest BCUT2D eigenvalue weighted by Crippen LogP contribution is -2.49. The quantitative estimate of drug-likeness (QED) is 0.130.